The second-order valence-corrected chi connectivity index (χ2v) is 8.70. The molecule has 2 fully saturated rings. The van der Waals surface area contributed by atoms with E-state index in [1.165, 1.54) is 16.3 Å². The molecule has 1 N–H and O–H groups in total. The fourth-order valence-corrected chi connectivity index (χ4v) is 4.80. The molecule has 0 bridgehead atoms. The average molecular weight is 433 g/mol. The number of rotatable bonds is 6. The maximum atomic E-state index is 9.10. The highest BCUT2D eigenvalue weighted by molar-refractivity contribution is 5.85. The average Bonchev–Trinajstić information content (AvgIpc) is 2.86. The van der Waals surface area contributed by atoms with Gasteiger partial charge in [-0.2, -0.15) is 0 Å². The summed E-state index contributed by atoms with van der Waals surface area (Å²) in [5, 5.41) is 20.8. The first-order valence-corrected chi connectivity index (χ1v) is 11.7. The first-order valence-electron chi connectivity index (χ1n) is 11.7. The molecular formula is C25H32N6O. The van der Waals surface area contributed by atoms with E-state index in [0.717, 1.165) is 77.1 Å². The van der Waals surface area contributed by atoms with Gasteiger partial charge in [0.05, 0.1) is 6.61 Å². The van der Waals surface area contributed by atoms with Crippen molar-refractivity contribution in [2.45, 2.75) is 6.54 Å². The lowest BCUT2D eigenvalue weighted by Crippen LogP contribution is -2.47. The molecule has 2 saturated heterocycles. The van der Waals surface area contributed by atoms with Gasteiger partial charge in [-0.3, -0.25) is 9.80 Å². The first-order chi connectivity index (χ1) is 15.8. The summed E-state index contributed by atoms with van der Waals surface area (Å²) in [5.41, 5.74) is 1.40. The van der Waals surface area contributed by atoms with E-state index in [-0.39, 0.29) is 6.61 Å². The van der Waals surface area contributed by atoms with E-state index in [9.17, 15) is 0 Å². The zero-order valence-corrected chi connectivity index (χ0v) is 18.6. The Labute approximate surface area is 189 Å². The molecule has 1 aromatic heterocycles. The lowest BCUT2D eigenvalue weighted by Gasteiger charge is -2.36. The van der Waals surface area contributed by atoms with Gasteiger partial charge in [-0.1, -0.05) is 42.5 Å². The van der Waals surface area contributed by atoms with Gasteiger partial charge in [0.25, 0.3) is 0 Å². The summed E-state index contributed by atoms with van der Waals surface area (Å²) in [5.74, 6) is 1.92. The third-order valence-electron chi connectivity index (χ3n) is 6.72. The molecule has 0 radical (unpaired) electrons. The molecule has 2 aliphatic rings. The minimum atomic E-state index is 0.226. The van der Waals surface area contributed by atoms with Gasteiger partial charge in [0.1, 0.15) is 0 Å². The normalized spacial score (nSPS) is 18.4. The quantitative estimate of drug-likeness (QED) is 0.640. The number of piperazine rings is 2. The molecule has 3 aromatic rings. The van der Waals surface area contributed by atoms with E-state index in [0.29, 0.717) is 0 Å². The minimum Gasteiger partial charge on any atom is -0.395 e. The number of benzene rings is 2. The van der Waals surface area contributed by atoms with Crippen LogP contribution in [-0.4, -0.2) is 90.6 Å². The van der Waals surface area contributed by atoms with E-state index in [1.807, 2.05) is 0 Å². The topological polar surface area (TPSA) is 59.0 Å². The highest BCUT2D eigenvalue weighted by Gasteiger charge is 2.21. The van der Waals surface area contributed by atoms with Gasteiger partial charge in [-0.05, 0) is 28.5 Å². The van der Waals surface area contributed by atoms with E-state index in [4.69, 9.17) is 5.11 Å². The van der Waals surface area contributed by atoms with Gasteiger partial charge in [0, 0.05) is 65.4 Å². The highest BCUT2D eigenvalue weighted by atomic mass is 16.3. The molecule has 0 spiro atoms. The zero-order chi connectivity index (χ0) is 21.8. The number of anilines is 2. The highest BCUT2D eigenvalue weighted by Crippen LogP contribution is 2.22. The minimum absolute atomic E-state index is 0.226. The smallest absolute Gasteiger partial charge is 0.151 e. The molecule has 7 nitrogen and oxygen atoms in total. The molecule has 2 aliphatic heterocycles. The van der Waals surface area contributed by atoms with Crippen molar-refractivity contribution in [2.24, 2.45) is 0 Å². The molecule has 0 amide bonds. The Kier molecular flexibility index (Phi) is 6.48. The second kappa shape index (κ2) is 9.81. The molecule has 3 heterocycles. The fourth-order valence-electron chi connectivity index (χ4n) is 4.80. The van der Waals surface area contributed by atoms with Crippen LogP contribution in [0.25, 0.3) is 10.8 Å². The third kappa shape index (κ3) is 4.70. The molecule has 0 saturated carbocycles. The number of aliphatic hydroxyl groups is 1. The SMILES string of the molecule is OCCN1CCN(c2ccc(N3CCN(Cc4cccc5ccccc45)CC3)nn2)CC1. The Morgan fingerprint density at radius 3 is 1.88 bits per heavy atom. The Morgan fingerprint density at radius 2 is 1.25 bits per heavy atom. The van der Waals surface area contributed by atoms with Gasteiger partial charge in [-0.25, -0.2) is 0 Å². The second-order valence-electron chi connectivity index (χ2n) is 8.70. The van der Waals surface area contributed by atoms with Crippen LogP contribution < -0.4 is 9.80 Å². The van der Waals surface area contributed by atoms with Crippen LogP contribution in [0, 0.1) is 0 Å². The number of fused-ring (bicyclic) bond motifs is 1. The van der Waals surface area contributed by atoms with Crippen LogP contribution in [0.4, 0.5) is 11.6 Å². The lowest BCUT2D eigenvalue weighted by atomic mass is 10.0. The van der Waals surface area contributed by atoms with E-state index >= 15 is 0 Å². The van der Waals surface area contributed by atoms with Crippen LogP contribution in [0.2, 0.25) is 0 Å². The predicted molar refractivity (Wildman–Crippen MR) is 129 cm³/mol. The number of hydrogen-bond donors (Lipinski definition) is 1. The van der Waals surface area contributed by atoms with Crippen molar-refractivity contribution >= 4 is 22.4 Å². The maximum absolute atomic E-state index is 9.10. The van der Waals surface area contributed by atoms with Crippen LogP contribution in [0.1, 0.15) is 5.56 Å². The summed E-state index contributed by atoms with van der Waals surface area (Å²) in [6.07, 6.45) is 0. The van der Waals surface area contributed by atoms with Crippen LogP contribution in [0.15, 0.2) is 54.6 Å². The summed E-state index contributed by atoms with van der Waals surface area (Å²) < 4.78 is 0. The van der Waals surface area contributed by atoms with Gasteiger partial charge < -0.3 is 14.9 Å². The van der Waals surface area contributed by atoms with Crippen molar-refractivity contribution in [1.82, 2.24) is 20.0 Å². The van der Waals surface area contributed by atoms with Crippen molar-refractivity contribution in [3.05, 3.63) is 60.2 Å². The molecule has 7 heteroatoms. The molecule has 5 rings (SSSR count). The van der Waals surface area contributed by atoms with Crippen molar-refractivity contribution in [3.63, 3.8) is 0 Å². The molecule has 0 unspecified atom stereocenters. The zero-order valence-electron chi connectivity index (χ0n) is 18.6. The summed E-state index contributed by atoms with van der Waals surface area (Å²) in [6.45, 7) is 9.75. The van der Waals surface area contributed by atoms with Gasteiger partial charge >= 0.3 is 0 Å². The summed E-state index contributed by atoms with van der Waals surface area (Å²) >= 11 is 0. The van der Waals surface area contributed by atoms with Gasteiger partial charge in [0.15, 0.2) is 11.6 Å². The Hall–Kier alpha value is -2.74. The number of aromatic nitrogens is 2. The fraction of sp³-hybridized carbons (Fsp3) is 0.440. The molecule has 2 aromatic carbocycles. The van der Waals surface area contributed by atoms with Crippen molar-refractivity contribution in [2.75, 3.05) is 75.3 Å². The van der Waals surface area contributed by atoms with E-state index < -0.39 is 0 Å². The largest absolute Gasteiger partial charge is 0.395 e. The number of β-amino-alcohol motifs (C(OH)–C–C–N with tert-alkyl or cyclic N) is 1. The van der Waals surface area contributed by atoms with Gasteiger partial charge in [0.2, 0.25) is 0 Å². The molecule has 32 heavy (non-hydrogen) atoms. The summed E-state index contributed by atoms with van der Waals surface area (Å²) in [4.78, 5) is 9.45. The summed E-state index contributed by atoms with van der Waals surface area (Å²) in [6, 6.07) is 19.5. The number of aliphatic hydroxyl groups excluding tert-OH is 1. The van der Waals surface area contributed by atoms with Crippen LogP contribution >= 0.6 is 0 Å². The first kappa shape index (κ1) is 21.1. The third-order valence-corrected chi connectivity index (χ3v) is 6.72. The van der Waals surface area contributed by atoms with Crippen molar-refractivity contribution in [3.8, 4) is 0 Å². The van der Waals surface area contributed by atoms with Crippen LogP contribution in [0.3, 0.4) is 0 Å². The predicted octanol–water partition coefficient (Wildman–Crippen LogP) is 2.07. The Bertz CT molecular complexity index is 1010. The molecule has 0 aliphatic carbocycles. The lowest BCUT2D eigenvalue weighted by molar-refractivity contribution is 0.188. The number of nitrogens with zero attached hydrogens (tertiary/aromatic N) is 6. The van der Waals surface area contributed by atoms with E-state index in [2.05, 4.69) is 84.4 Å². The Balaban J connectivity index is 1.15. The summed E-state index contributed by atoms with van der Waals surface area (Å²) in [7, 11) is 0. The maximum Gasteiger partial charge on any atom is 0.151 e. The van der Waals surface area contributed by atoms with Crippen LogP contribution in [0.5, 0.6) is 0 Å². The Morgan fingerprint density at radius 1 is 0.656 bits per heavy atom. The van der Waals surface area contributed by atoms with Crippen molar-refractivity contribution in [1.29, 1.82) is 0 Å². The van der Waals surface area contributed by atoms with Crippen molar-refractivity contribution < 1.29 is 5.11 Å². The van der Waals surface area contributed by atoms with E-state index in [1.54, 1.807) is 0 Å². The molecule has 0 atom stereocenters. The molecular weight excluding hydrogens is 400 g/mol. The standard InChI is InChI=1S/C25H32N6O/c32-19-18-28-10-14-30(15-11-28)24-8-9-25(27-26-24)31-16-12-29(13-17-31)20-22-6-3-5-21-4-1-2-7-23(21)22/h1-9,32H,10-20H2. The monoisotopic (exact) mass is 432 g/mol. The van der Waals surface area contributed by atoms with Gasteiger partial charge in [-0.15, -0.1) is 10.2 Å². The number of hydrogen-bond acceptors (Lipinski definition) is 7. The van der Waals surface area contributed by atoms with Crippen LogP contribution in [-0.2, 0) is 6.54 Å². The molecule has 168 valence electrons.